The molecule has 0 bridgehead atoms. The molecule has 10 heteroatoms. The number of carbonyl (C=O) groups is 1. The number of aromatic nitrogens is 4. The van der Waals surface area contributed by atoms with Crippen molar-refractivity contribution in [2.75, 3.05) is 31.8 Å². The molecule has 0 saturated heterocycles. The third-order valence-corrected chi connectivity index (χ3v) is 5.47. The number of ether oxygens (including phenoxy) is 1. The summed E-state index contributed by atoms with van der Waals surface area (Å²) in [7, 11) is 1.57. The lowest BCUT2D eigenvalue weighted by molar-refractivity contribution is 0.0951. The van der Waals surface area contributed by atoms with E-state index in [1.807, 2.05) is 6.26 Å². The van der Waals surface area contributed by atoms with Crippen LogP contribution in [0.5, 0.6) is 5.75 Å². The zero-order chi connectivity index (χ0) is 20.8. The highest BCUT2D eigenvalue weighted by atomic mass is 79.9. The molecule has 0 unspecified atom stereocenters. The van der Waals surface area contributed by atoms with E-state index in [0.29, 0.717) is 34.0 Å². The van der Waals surface area contributed by atoms with E-state index in [-0.39, 0.29) is 5.91 Å². The predicted molar refractivity (Wildman–Crippen MR) is 119 cm³/mol. The van der Waals surface area contributed by atoms with E-state index in [4.69, 9.17) is 4.74 Å². The van der Waals surface area contributed by atoms with Crippen molar-refractivity contribution in [3.8, 4) is 5.75 Å². The van der Waals surface area contributed by atoms with E-state index >= 15 is 0 Å². The molecule has 2 N–H and O–H groups in total. The van der Waals surface area contributed by atoms with Crippen LogP contribution in [-0.4, -0.2) is 52.1 Å². The van der Waals surface area contributed by atoms with Crippen molar-refractivity contribution in [3.63, 3.8) is 0 Å². The SMILES string of the molecule is CCCNc1nc(SC)nc2c1cnn2CCNC(=O)c1cc(OC)ccc1Br. The molecule has 3 aromatic rings. The lowest BCUT2D eigenvalue weighted by atomic mass is 10.2. The second kappa shape index (κ2) is 9.93. The Morgan fingerprint density at radius 1 is 1.31 bits per heavy atom. The summed E-state index contributed by atoms with van der Waals surface area (Å²) in [4.78, 5) is 21.7. The number of carbonyl (C=O) groups excluding carboxylic acids is 1. The highest BCUT2D eigenvalue weighted by molar-refractivity contribution is 9.10. The summed E-state index contributed by atoms with van der Waals surface area (Å²) in [6.45, 7) is 3.84. The fourth-order valence-corrected chi connectivity index (χ4v) is 3.53. The fourth-order valence-electron chi connectivity index (χ4n) is 2.74. The van der Waals surface area contributed by atoms with Gasteiger partial charge in [0.1, 0.15) is 11.6 Å². The van der Waals surface area contributed by atoms with Gasteiger partial charge in [-0.3, -0.25) is 4.79 Å². The first-order valence-corrected chi connectivity index (χ1v) is 11.2. The zero-order valence-electron chi connectivity index (χ0n) is 16.5. The summed E-state index contributed by atoms with van der Waals surface area (Å²) in [5.41, 5.74) is 1.27. The Hall–Kier alpha value is -2.33. The minimum absolute atomic E-state index is 0.183. The van der Waals surface area contributed by atoms with Gasteiger partial charge < -0.3 is 15.4 Å². The molecule has 0 fully saturated rings. The van der Waals surface area contributed by atoms with Crippen LogP contribution in [0.25, 0.3) is 11.0 Å². The van der Waals surface area contributed by atoms with Crippen molar-refractivity contribution in [1.29, 1.82) is 0 Å². The highest BCUT2D eigenvalue weighted by Gasteiger charge is 2.14. The van der Waals surface area contributed by atoms with Crippen molar-refractivity contribution < 1.29 is 9.53 Å². The van der Waals surface area contributed by atoms with Crippen LogP contribution in [0, 0.1) is 0 Å². The Bertz CT molecular complexity index is 1010. The number of rotatable bonds is 9. The molecule has 0 saturated carbocycles. The standard InChI is InChI=1S/C19H23BrN6O2S/c1-4-7-21-16-14-11-23-26(17(14)25-19(24-16)29-3)9-8-22-18(27)13-10-12(28-2)5-6-15(13)20/h5-6,10-11H,4,7-9H2,1-3H3,(H,22,27)(H,21,24,25). The number of benzene rings is 1. The number of hydrogen-bond acceptors (Lipinski definition) is 7. The van der Waals surface area contributed by atoms with E-state index in [9.17, 15) is 4.79 Å². The monoisotopic (exact) mass is 478 g/mol. The normalized spacial score (nSPS) is 10.9. The highest BCUT2D eigenvalue weighted by Crippen LogP contribution is 2.24. The van der Waals surface area contributed by atoms with E-state index in [1.54, 1.807) is 36.2 Å². The molecule has 8 nitrogen and oxygen atoms in total. The molecule has 3 rings (SSSR count). The fraction of sp³-hybridized carbons (Fsp3) is 0.368. The summed E-state index contributed by atoms with van der Waals surface area (Å²) in [6.07, 6.45) is 4.70. The van der Waals surface area contributed by atoms with Crippen LogP contribution in [0.4, 0.5) is 5.82 Å². The van der Waals surface area contributed by atoms with Crippen molar-refractivity contribution in [3.05, 3.63) is 34.4 Å². The Morgan fingerprint density at radius 2 is 2.14 bits per heavy atom. The van der Waals surface area contributed by atoms with E-state index in [0.717, 1.165) is 29.8 Å². The van der Waals surface area contributed by atoms with E-state index in [2.05, 4.69) is 48.6 Å². The minimum Gasteiger partial charge on any atom is -0.497 e. The maximum Gasteiger partial charge on any atom is 0.252 e. The number of fused-ring (bicyclic) bond motifs is 1. The summed E-state index contributed by atoms with van der Waals surface area (Å²) in [5.74, 6) is 1.23. The topological polar surface area (TPSA) is 94.0 Å². The molecule has 1 amide bonds. The molecular formula is C19H23BrN6O2S. The summed E-state index contributed by atoms with van der Waals surface area (Å²) >= 11 is 4.89. The van der Waals surface area contributed by atoms with Crippen LogP contribution in [-0.2, 0) is 6.54 Å². The van der Waals surface area contributed by atoms with Gasteiger partial charge in [0.2, 0.25) is 0 Å². The van der Waals surface area contributed by atoms with Gasteiger partial charge in [-0.1, -0.05) is 18.7 Å². The minimum atomic E-state index is -0.183. The van der Waals surface area contributed by atoms with Crippen LogP contribution in [0.2, 0.25) is 0 Å². The maximum absolute atomic E-state index is 12.5. The van der Waals surface area contributed by atoms with Gasteiger partial charge in [-0.15, -0.1) is 0 Å². The van der Waals surface area contributed by atoms with Crippen molar-refractivity contribution >= 4 is 50.5 Å². The number of nitrogens with one attached hydrogen (secondary N) is 2. The van der Waals surface area contributed by atoms with Gasteiger partial charge in [0.05, 0.1) is 30.8 Å². The van der Waals surface area contributed by atoms with Crippen LogP contribution >= 0.6 is 27.7 Å². The van der Waals surface area contributed by atoms with Crippen LogP contribution in [0.15, 0.2) is 34.0 Å². The number of nitrogens with zero attached hydrogens (tertiary/aromatic N) is 4. The van der Waals surface area contributed by atoms with Gasteiger partial charge in [-0.2, -0.15) is 5.10 Å². The van der Waals surface area contributed by atoms with Crippen molar-refractivity contribution in [2.45, 2.75) is 25.0 Å². The molecule has 29 heavy (non-hydrogen) atoms. The summed E-state index contributed by atoms with van der Waals surface area (Å²) < 4.78 is 7.69. The number of thioether (sulfide) groups is 1. The third kappa shape index (κ3) is 4.99. The Kier molecular flexibility index (Phi) is 7.32. The smallest absolute Gasteiger partial charge is 0.252 e. The number of methoxy groups -OCH3 is 1. The molecule has 1 aromatic carbocycles. The number of amides is 1. The van der Waals surface area contributed by atoms with Crippen LogP contribution < -0.4 is 15.4 Å². The second-order valence-electron chi connectivity index (χ2n) is 6.19. The molecule has 0 aliphatic heterocycles. The molecule has 0 atom stereocenters. The van der Waals surface area contributed by atoms with Gasteiger partial charge in [-0.05, 0) is 46.8 Å². The molecule has 0 aliphatic carbocycles. The Morgan fingerprint density at radius 3 is 2.86 bits per heavy atom. The van der Waals surface area contributed by atoms with E-state index in [1.165, 1.54) is 11.8 Å². The molecule has 2 heterocycles. The number of halogens is 1. The second-order valence-corrected chi connectivity index (χ2v) is 7.82. The number of anilines is 1. The van der Waals surface area contributed by atoms with Gasteiger partial charge >= 0.3 is 0 Å². The van der Waals surface area contributed by atoms with Gasteiger partial charge in [0.15, 0.2) is 10.8 Å². The van der Waals surface area contributed by atoms with Crippen molar-refractivity contribution in [1.82, 2.24) is 25.1 Å². The summed E-state index contributed by atoms with van der Waals surface area (Å²) in [6, 6.07) is 5.29. The van der Waals surface area contributed by atoms with E-state index < -0.39 is 0 Å². The van der Waals surface area contributed by atoms with Gasteiger partial charge in [-0.25, -0.2) is 14.6 Å². The largest absolute Gasteiger partial charge is 0.497 e. The molecule has 0 spiro atoms. The molecule has 2 aromatic heterocycles. The molecule has 154 valence electrons. The lowest BCUT2D eigenvalue weighted by Crippen LogP contribution is -2.28. The first kappa shape index (κ1) is 21.4. The maximum atomic E-state index is 12.5. The first-order chi connectivity index (χ1) is 14.1. The van der Waals surface area contributed by atoms with Crippen LogP contribution in [0.3, 0.4) is 0 Å². The first-order valence-electron chi connectivity index (χ1n) is 9.20. The Balaban J connectivity index is 1.73. The predicted octanol–water partition coefficient (Wildman–Crippen LogP) is 3.57. The zero-order valence-corrected chi connectivity index (χ0v) is 18.9. The van der Waals surface area contributed by atoms with Gasteiger partial charge in [0, 0.05) is 17.6 Å². The molecular weight excluding hydrogens is 456 g/mol. The average Bonchev–Trinajstić information content (AvgIpc) is 3.15. The quantitative estimate of drug-likeness (QED) is 0.358. The Labute approximate surface area is 182 Å². The third-order valence-electron chi connectivity index (χ3n) is 4.23. The van der Waals surface area contributed by atoms with Gasteiger partial charge in [0.25, 0.3) is 5.91 Å². The van der Waals surface area contributed by atoms with Crippen LogP contribution in [0.1, 0.15) is 23.7 Å². The lowest BCUT2D eigenvalue weighted by Gasteiger charge is -2.10. The molecule has 0 aliphatic rings. The van der Waals surface area contributed by atoms with Crippen molar-refractivity contribution in [2.24, 2.45) is 0 Å². The molecule has 0 radical (unpaired) electrons. The number of hydrogen-bond donors (Lipinski definition) is 2. The average molecular weight is 479 g/mol. The summed E-state index contributed by atoms with van der Waals surface area (Å²) in [5, 5.41) is 12.2.